The average molecular weight is 480 g/mol. The standard InChI is InChI=1S/C24H21FN4O6/c1-34-17-9-14(8-16(25)10-17)15-11-26-22(27-12-15)28-21(31)23(32)3-5-24(6-4-23)19-2-7-29(33)13-18(19)20(30)35-24/h2,7-13,32H,3-6H2,1H3,(H,26,27,28,31). The minimum absolute atomic E-state index is 0.0199. The van der Waals surface area contributed by atoms with Crippen LogP contribution in [0.2, 0.25) is 0 Å². The van der Waals surface area contributed by atoms with E-state index in [9.17, 15) is 24.3 Å². The van der Waals surface area contributed by atoms with E-state index < -0.39 is 28.9 Å². The van der Waals surface area contributed by atoms with Gasteiger partial charge in [0.2, 0.25) is 5.95 Å². The summed E-state index contributed by atoms with van der Waals surface area (Å²) in [7, 11) is 1.43. The van der Waals surface area contributed by atoms with Gasteiger partial charge in [-0.25, -0.2) is 19.2 Å². The Balaban J connectivity index is 1.28. The number of nitrogens with zero attached hydrogens (tertiary/aromatic N) is 3. The van der Waals surface area contributed by atoms with Crippen LogP contribution in [0.1, 0.15) is 41.6 Å². The first-order valence-corrected chi connectivity index (χ1v) is 10.9. The van der Waals surface area contributed by atoms with Crippen molar-refractivity contribution in [1.82, 2.24) is 9.97 Å². The van der Waals surface area contributed by atoms with Crippen molar-refractivity contribution in [1.29, 1.82) is 0 Å². The van der Waals surface area contributed by atoms with Gasteiger partial charge in [0.15, 0.2) is 12.4 Å². The number of carbonyl (C=O) groups is 2. The predicted octanol–water partition coefficient (Wildman–Crippen LogP) is 2.23. The Bertz CT molecular complexity index is 1320. The van der Waals surface area contributed by atoms with Crippen molar-refractivity contribution in [2.24, 2.45) is 0 Å². The molecule has 1 spiro atoms. The molecule has 3 heterocycles. The van der Waals surface area contributed by atoms with Crippen LogP contribution in [0, 0.1) is 11.0 Å². The van der Waals surface area contributed by atoms with Crippen molar-refractivity contribution in [2.75, 3.05) is 12.4 Å². The number of benzene rings is 1. The van der Waals surface area contributed by atoms with E-state index in [1.54, 1.807) is 12.1 Å². The van der Waals surface area contributed by atoms with E-state index in [-0.39, 0.29) is 37.2 Å². The molecule has 0 saturated heterocycles. The lowest BCUT2D eigenvalue weighted by molar-refractivity contribution is -0.605. The first kappa shape index (κ1) is 22.7. The second kappa shape index (κ2) is 8.27. The van der Waals surface area contributed by atoms with E-state index in [0.29, 0.717) is 27.2 Å². The molecule has 2 N–H and O–H groups in total. The molecule has 1 saturated carbocycles. The Kier molecular flexibility index (Phi) is 5.36. The van der Waals surface area contributed by atoms with Gasteiger partial charge in [0.05, 0.1) is 7.11 Å². The predicted molar refractivity (Wildman–Crippen MR) is 119 cm³/mol. The molecule has 180 valence electrons. The number of pyridine rings is 1. The normalized spacial score (nSPS) is 23.0. The smallest absolute Gasteiger partial charge is 0.345 e. The van der Waals surface area contributed by atoms with Gasteiger partial charge >= 0.3 is 5.97 Å². The number of halogens is 1. The summed E-state index contributed by atoms with van der Waals surface area (Å²) < 4.78 is 25.0. The summed E-state index contributed by atoms with van der Waals surface area (Å²) in [5, 5.41) is 25.1. The van der Waals surface area contributed by atoms with E-state index >= 15 is 0 Å². The molecular weight excluding hydrogens is 459 g/mol. The molecule has 3 aromatic rings. The largest absolute Gasteiger partial charge is 0.619 e. The number of ether oxygens (including phenoxy) is 2. The van der Waals surface area contributed by atoms with E-state index in [2.05, 4.69) is 15.3 Å². The first-order valence-electron chi connectivity index (χ1n) is 10.9. The van der Waals surface area contributed by atoms with Crippen LogP contribution in [0.25, 0.3) is 11.1 Å². The molecule has 11 heteroatoms. The van der Waals surface area contributed by atoms with Gasteiger partial charge in [0, 0.05) is 35.7 Å². The summed E-state index contributed by atoms with van der Waals surface area (Å²) in [6.07, 6.45) is 5.77. The molecule has 1 aliphatic carbocycles. The van der Waals surface area contributed by atoms with Crippen LogP contribution in [0.3, 0.4) is 0 Å². The van der Waals surface area contributed by atoms with Gasteiger partial charge in [-0.15, -0.1) is 0 Å². The molecule has 0 atom stereocenters. The van der Waals surface area contributed by atoms with Gasteiger partial charge in [0.1, 0.15) is 28.3 Å². The van der Waals surface area contributed by atoms with Crippen LogP contribution in [0.4, 0.5) is 10.3 Å². The average Bonchev–Trinajstić information content (AvgIpc) is 3.11. The van der Waals surface area contributed by atoms with Gasteiger partial charge in [0.25, 0.3) is 5.91 Å². The molecule has 0 radical (unpaired) electrons. The van der Waals surface area contributed by atoms with Crippen molar-refractivity contribution >= 4 is 17.8 Å². The summed E-state index contributed by atoms with van der Waals surface area (Å²) in [6.45, 7) is 0. The summed E-state index contributed by atoms with van der Waals surface area (Å²) in [5.41, 5.74) is -0.889. The third kappa shape index (κ3) is 4.03. The number of aromatic nitrogens is 3. The Morgan fingerprint density at radius 3 is 2.60 bits per heavy atom. The number of carbonyl (C=O) groups excluding carboxylic acids is 2. The zero-order valence-corrected chi connectivity index (χ0v) is 18.7. The van der Waals surface area contributed by atoms with E-state index in [1.165, 1.54) is 44.0 Å². The lowest BCUT2D eigenvalue weighted by Gasteiger charge is -2.40. The lowest BCUT2D eigenvalue weighted by Crippen LogP contribution is -2.49. The van der Waals surface area contributed by atoms with E-state index in [1.807, 2.05) is 0 Å². The third-order valence-electron chi connectivity index (χ3n) is 6.56. The molecule has 1 amide bonds. The number of esters is 1. The molecule has 10 nitrogen and oxygen atoms in total. The fourth-order valence-electron chi connectivity index (χ4n) is 4.60. The monoisotopic (exact) mass is 480 g/mol. The van der Waals surface area contributed by atoms with Crippen LogP contribution in [-0.2, 0) is 15.1 Å². The Morgan fingerprint density at radius 1 is 1.20 bits per heavy atom. The van der Waals surface area contributed by atoms with Crippen LogP contribution in [-0.4, -0.2) is 39.7 Å². The number of nitrogens with one attached hydrogen (secondary N) is 1. The van der Waals surface area contributed by atoms with Crippen molar-refractivity contribution in [2.45, 2.75) is 36.9 Å². The van der Waals surface area contributed by atoms with Crippen molar-refractivity contribution in [3.05, 3.63) is 71.2 Å². The van der Waals surface area contributed by atoms with Crippen LogP contribution < -0.4 is 14.8 Å². The maximum atomic E-state index is 13.8. The number of fused-ring (bicyclic) bond motifs is 2. The fourth-order valence-corrected chi connectivity index (χ4v) is 4.60. The molecule has 5 rings (SSSR count). The minimum atomic E-state index is -1.72. The van der Waals surface area contributed by atoms with E-state index in [0.717, 1.165) is 0 Å². The van der Waals surface area contributed by atoms with Gasteiger partial charge in [-0.2, -0.15) is 4.73 Å². The molecule has 0 bridgehead atoms. The van der Waals surface area contributed by atoms with Gasteiger partial charge in [-0.1, -0.05) is 0 Å². The zero-order valence-electron chi connectivity index (χ0n) is 18.7. The highest BCUT2D eigenvalue weighted by atomic mass is 19.1. The maximum absolute atomic E-state index is 13.8. The summed E-state index contributed by atoms with van der Waals surface area (Å²) >= 11 is 0. The minimum Gasteiger partial charge on any atom is -0.619 e. The zero-order chi connectivity index (χ0) is 24.8. The second-order valence-electron chi connectivity index (χ2n) is 8.68. The van der Waals surface area contributed by atoms with Crippen molar-refractivity contribution < 1.29 is 33.3 Å². The number of anilines is 1. The number of hydrogen-bond donors (Lipinski definition) is 2. The molecule has 2 aliphatic rings. The maximum Gasteiger partial charge on any atom is 0.345 e. The molecule has 2 aromatic heterocycles. The fraction of sp³-hybridized carbons (Fsp3) is 0.292. The highest BCUT2D eigenvalue weighted by Gasteiger charge is 2.53. The SMILES string of the molecule is COc1cc(F)cc(-c2cnc(NC(=O)C3(O)CCC4(CC3)OC(=O)c3c[n+]([O-])ccc34)nc2)c1. The van der Waals surface area contributed by atoms with Crippen LogP contribution in [0.5, 0.6) is 5.75 Å². The second-order valence-corrected chi connectivity index (χ2v) is 8.68. The molecule has 0 unspecified atom stereocenters. The topological polar surface area (TPSA) is 138 Å². The highest BCUT2D eigenvalue weighted by Crippen LogP contribution is 2.49. The molecular formula is C24H21FN4O6. The summed E-state index contributed by atoms with van der Waals surface area (Å²) in [5.74, 6) is -1.42. The van der Waals surface area contributed by atoms with Crippen LogP contribution >= 0.6 is 0 Å². The first-order chi connectivity index (χ1) is 16.7. The Hall–Kier alpha value is -4.12. The number of amides is 1. The van der Waals surface area contributed by atoms with Crippen molar-refractivity contribution in [3.63, 3.8) is 0 Å². The van der Waals surface area contributed by atoms with Crippen molar-refractivity contribution in [3.8, 4) is 16.9 Å². The Labute approximate surface area is 198 Å². The number of hydrogen-bond acceptors (Lipinski definition) is 8. The molecule has 1 aliphatic heterocycles. The molecule has 1 fully saturated rings. The summed E-state index contributed by atoms with van der Waals surface area (Å²) in [6, 6.07) is 5.73. The summed E-state index contributed by atoms with van der Waals surface area (Å²) in [4.78, 5) is 33.3. The number of aliphatic hydroxyl groups is 1. The lowest BCUT2D eigenvalue weighted by atomic mass is 9.72. The highest BCUT2D eigenvalue weighted by molar-refractivity contribution is 5.96. The van der Waals surface area contributed by atoms with E-state index in [4.69, 9.17) is 9.47 Å². The molecule has 35 heavy (non-hydrogen) atoms. The third-order valence-corrected chi connectivity index (χ3v) is 6.56. The molecule has 1 aromatic carbocycles. The van der Waals surface area contributed by atoms with Gasteiger partial charge < -0.3 is 19.8 Å². The van der Waals surface area contributed by atoms with Crippen LogP contribution in [0.15, 0.2) is 49.1 Å². The van der Waals surface area contributed by atoms with Gasteiger partial charge in [-0.3, -0.25) is 10.1 Å². The van der Waals surface area contributed by atoms with Gasteiger partial charge in [-0.05, 0) is 43.4 Å². The number of rotatable bonds is 4. The number of methoxy groups -OCH3 is 1. The Morgan fingerprint density at radius 2 is 1.91 bits per heavy atom. The quantitative estimate of drug-likeness (QED) is 0.329.